The van der Waals surface area contributed by atoms with Crippen LogP contribution in [0.15, 0.2) is 18.2 Å². The highest BCUT2D eigenvalue weighted by atomic mass is 19.1. The van der Waals surface area contributed by atoms with Crippen LogP contribution in [-0.4, -0.2) is 47.6 Å². The highest BCUT2D eigenvalue weighted by molar-refractivity contribution is 5.33. The van der Waals surface area contributed by atoms with Gasteiger partial charge in [-0.2, -0.15) is 0 Å². The van der Waals surface area contributed by atoms with Gasteiger partial charge in [0, 0.05) is 24.7 Å². The molecule has 2 unspecified atom stereocenters. The van der Waals surface area contributed by atoms with E-state index in [1.165, 1.54) is 31.9 Å². The molecule has 0 bridgehead atoms. The highest BCUT2D eigenvalue weighted by Gasteiger charge is 2.34. The zero-order chi connectivity index (χ0) is 14.1. The van der Waals surface area contributed by atoms with Crippen molar-refractivity contribution in [3.8, 4) is 5.75 Å². The van der Waals surface area contributed by atoms with Gasteiger partial charge in [0.25, 0.3) is 0 Å². The summed E-state index contributed by atoms with van der Waals surface area (Å²) >= 11 is 0. The number of likely N-dealkylation sites (tertiary alicyclic amines) is 2. The summed E-state index contributed by atoms with van der Waals surface area (Å²) in [5, 5.41) is 9.79. The van der Waals surface area contributed by atoms with Crippen molar-refractivity contribution in [3.05, 3.63) is 29.6 Å². The maximum atomic E-state index is 13.4. The van der Waals surface area contributed by atoms with E-state index in [0.717, 1.165) is 19.0 Å². The zero-order valence-electron chi connectivity index (χ0n) is 12.1. The summed E-state index contributed by atoms with van der Waals surface area (Å²) in [6, 6.07) is 5.51. The largest absolute Gasteiger partial charge is 0.505 e. The number of hydrogen-bond acceptors (Lipinski definition) is 3. The van der Waals surface area contributed by atoms with Crippen LogP contribution in [0.1, 0.15) is 24.8 Å². The molecule has 3 rings (SSSR count). The van der Waals surface area contributed by atoms with Crippen molar-refractivity contribution in [3.63, 3.8) is 0 Å². The molecule has 2 fully saturated rings. The molecule has 0 spiro atoms. The molecule has 2 aliphatic heterocycles. The van der Waals surface area contributed by atoms with Crippen LogP contribution in [0, 0.1) is 11.7 Å². The topological polar surface area (TPSA) is 26.7 Å². The van der Waals surface area contributed by atoms with E-state index in [-0.39, 0.29) is 5.75 Å². The quantitative estimate of drug-likeness (QED) is 0.900. The average molecular weight is 278 g/mol. The number of benzene rings is 1. The van der Waals surface area contributed by atoms with E-state index in [1.807, 2.05) is 6.07 Å². The van der Waals surface area contributed by atoms with Gasteiger partial charge in [0.15, 0.2) is 11.6 Å². The number of nitrogens with zero attached hydrogens (tertiary/aromatic N) is 2. The van der Waals surface area contributed by atoms with Gasteiger partial charge >= 0.3 is 0 Å². The molecule has 0 aromatic heterocycles. The Bertz CT molecular complexity index is 480. The number of para-hydroxylation sites is 1. The van der Waals surface area contributed by atoms with Gasteiger partial charge in [-0.15, -0.1) is 0 Å². The first-order valence-corrected chi connectivity index (χ1v) is 7.54. The fourth-order valence-corrected chi connectivity index (χ4v) is 3.80. The smallest absolute Gasteiger partial charge is 0.165 e. The van der Waals surface area contributed by atoms with Gasteiger partial charge in [-0.1, -0.05) is 12.1 Å². The normalized spacial score (nSPS) is 28.3. The second kappa shape index (κ2) is 5.70. The van der Waals surface area contributed by atoms with Crippen LogP contribution in [0.2, 0.25) is 0 Å². The van der Waals surface area contributed by atoms with Crippen LogP contribution in [0.5, 0.6) is 5.75 Å². The predicted molar refractivity (Wildman–Crippen MR) is 77.1 cm³/mol. The Morgan fingerprint density at radius 3 is 3.00 bits per heavy atom. The van der Waals surface area contributed by atoms with Crippen LogP contribution in [-0.2, 0) is 6.54 Å². The lowest BCUT2D eigenvalue weighted by Gasteiger charge is -2.46. The Kier molecular flexibility index (Phi) is 3.94. The van der Waals surface area contributed by atoms with Crippen molar-refractivity contribution in [1.82, 2.24) is 9.80 Å². The Morgan fingerprint density at radius 1 is 1.30 bits per heavy atom. The van der Waals surface area contributed by atoms with Gasteiger partial charge in [-0.3, -0.25) is 4.90 Å². The predicted octanol–water partition coefficient (Wildman–Crippen LogP) is 2.45. The number of phenolic OH excluding ortho intramolecular Hbond substituents is 1. The SMILES string of the molecule is CN1CCCC2CN(Cc3cccc(F)c3O)CCC21. The standard InChI is InChI=1S/C16H23FN2O/c1-18-8-3-5-12-10-19(9-7-15(12)18)11-13-4-2-6-14(17)16(13)20/h2,4,6,12,15,20H,3,5,7-11H2,1H3. The molecule has 0 saturated carbocycles. The summed E-state index contributed by atoms with van der Waals surface area (Å²) < 4.78 is 13.4. The molecule has 2 atom stereocenters. The van der Waals surface area contributed by atoms with Crippen molar-refractivity contribution in [2.75, 3.05) is 26.7 Å². The summed E-state index contributed by atoms with van der Waals surface area (Å²) in [6.07, 6.45) is 3.74. The number of phenols is 1. The molecule has 0 amide bonds. The van der Waals surface area contributed by atoms with Gasteiger partial charge in [0.05, 0.1) is 0 Å². The van der Waals surface area contributed by atoms with Crippen LogP contribution in [0.25, 0.3) is 0 Å². The van der Waals surface area contributed by atoms with E-state index in [0.29, 0.717) is 18.2 Å². The van der Waals surface area contributed by atoms with Gasteiger partial charge < -0.3 is 10.0 Å². The molecule has 0 aliphatic carbocycles. The monoisotopic (exact) mass is 278 g/mol. The minimum absolute atomic E-state index is 0.185. The second-order valence-electron chi connectivity index (χ2n) is 6.22. The fourth-order valence-electron chi connectivity index (χ4n) is 3.80. The van der Waals surface area contributed by atoms with Crippen molar-refractivity contribution < 1.29 is 9.50 Å². The lowest BCUT2D eigenvalue weighted by Crippen LogP contribution is -2.52. The Balaban J connectivity index is 1.66. The van der Waals surface area contributed by atoms with E-state index in [9.17, 15) is 9.50 Å². The number of rotatable bonds is 2. The third-order valence-electron chi connectivity index (χ3n) is 4.89. The Morgan fingerprint density at radius 2 is 2.15 bits per heavy atom. The number of piperidine rings is 2. The minimum Gasteiger partial charge on any atom is -0.505 e. The van der Waals surface area contributed by atoms with Crippen molar-refractivity contribution in [1.29, 1.82) is 0 Å². The van der Waals surface area contributed by atoms with E-state index >= 15 is 0 Å². The van der Waals surface area contributed by atoms with E-state index < -0.39 is 5.82 Å². The minimum atomic E-state index is -0.519. The molecule has 0 radical (unpaired) electrons. The second-order valence-corrected chi connectivity index (χ2v) is 6.22. The molecule has 1 aromatic carbocycles. The summed E-state index contributed by atoms with van der Waals surface area (Å²) in [6.45, 7) is 3.95. The summed E-state index contributed by atoms with van der Waals surface area (Å²) in [4.78, 5) is 4.85. The van der Waals surface area contributed by atoms with Crippen LogP contribution in [0.4, 0.5) is 4.39 Å². The molecule has 3 nitrogen and oxygen atoms in total. The van der Waals surface area contributed by atoms with Gasteiger partial charge in [0.2, 0.25) is 0 Å². The molecule has 110 valence electrons. The third-order valence-corrected chi connectivity index (χ3v) is 4.89. The molecule has 2 saturated heterocycles. The van der Waals surface area contributed by atoms with Crippen molar-refractivity contribution in [2.45, 2.75) is 31.8 Å². The lowest BCUT2D eigenvalue weighted by atomic mass is 9.84. The van der Waals surface area contributed by atoms with E-state index in [1.54, 1.807) is 6.07 Å². The number of halogens is 1. The Labute approximate surface area is 120 Å². The first-order chi connectivity index (χ1) is 9.65. The molecule has 20 heavy (non-hydrogen) atoms. The highest BCUT2D eigenvalue weighted by Crippen LogP contribution is 2.31. The molecule has 2 aliphatic rings. The van der Waals surface area contributed by atoms with E-state index in [4.69, 9.17) is 0 Å². The van der Waals surface area contributed by atoms with Crippen LogP contribution < -0.4 is 0 Å². The zero-order valence-corrected chi connectivity index (χ0v) is 12.1. The van der Waals surface area contributed by atoms with Crippen molar-refractivity contribution in [2.24, 2.45) is 5.92 Å². The average Bonchev–Trinajstić information content (AvgIpc) is 2.44. The number of aromatic hydroxyl groups is 1. The molecule has 2 heterocycles. The first kappa shape index (κ1) is 13.8. The third kappa shape index (κ3) is 2.67. The number of hydrogen-bond donors (Lipinski definition) is 1. The molecular weight excluding hydrogens is 255 g/mol. The molecule has 1 N–H and O–H groups in total. The van der Waals surface area contributed by atoms with Crippen LogP contribution in [0.3, 0.4) is 0 Å². The maximum Gasteiger partial charge on any atom is 0.165 e. The van der Waals surface area contributed by atoms with Crippen LogP contribution >= 0.6 is 0 Å². The summed E-state index contributed by atoms with van der Waals surface area (Å²) in [7, 11) is 2.23. The summed E-state index contributed by atoms with van der Waals surface area (Å²) in [5.41, 5.74) is 0.701. The molecular formula is C16H23FN2O. The fraction of sp³-hybridized carbons (Fsp3) is 0.625. The number of fused-ring (bicyclic) bond motifs is 1. The van der Waals surface area contributed by atoms with Gasteiger partial charge in [-0.05, 0) is 51.4 Å². The first-order valence-electron chi connectivity index (χ1n) is 7.54. The molecule has 1 aromatic rings. The Hall–Kier alpha value is -1.13. The van der Waals surface area contributed by atoms with Gasteiger partial charge in [0.1, 0.15) is 0 Å². The van der Waals surface area contributed by atoms with Crippen molar-refractivity contribution >= 4 is 0 Å². The lowest BCUT2D eigenvalue weighted by molar-refractivity contribution is 0.0352. The maximum absolute atomic E-state index is 13.4. The van der Waals surface area contributed by atoms with Gasteiger partial charge in [-0.25, -0.2) is 4.39 Å². The van der Waals surface area contributed by atoms with E-state index in [2.05, 4.69) is 16.8 Å². The summed E-state index contributed by atoms with van der Waals surface area (Å²) in [5.74, 6) is 0.0170. The molecule has 4 heteroatoms.